The van der Waals surface area contributed by atoms with E-state index in [1.807, 2.05) is 0 Å². The van der Waals surface area contributed by atoms with E-state index in [0.717, 1.165) is 0 Å². The Labute approximate surface area is 55.8 Å². The van der Waals surface area contributed by atoms with Gasteiger partial charge in [-0.3, -0.25) is 4.55 Å². The van der Waals surface area contributed by atoms with Crippen LogP contribution in [0.25, 0.3) is 0 Å². The van der Waals surface area contributed by atoms with Crippen molar-refractivity contribution in [2.45, 2.75) is 25.5 Å². The molecular weight excluding hydrogens is 140 g/mol. The van der Waals surface area contributed by atoms with Gasteiger partial charge < -0.3 is 0 Å². The summed E-state index contributed by atoms with van der Waals surface area (Å²) >= 11 is 0. The molecule has 0 aliphatic carbocycles. The topological polar surface area (TPSA) is 54.4 Å². The molecule has 1 atom stereocenters. The zero-order valence-corrected chi connectivity index (χ0v) is 6.35. The molecule has 1 unspecified atom stereocenters. The predicted molar refractivity (Wildman–Crippen MR) is 35.6 cm³/mol. The molecule has 0 aromatic carbocycles. The van der Waals surface area contributed by atoms with Crippen LogP contribution in [0.1, 0.15) is 20.3 Å². The first kappa shape index (κ1) is 8.91. The molecule has 0 aliphatic heterocycles. The Hall–Kier alpha value is -0.0900. The van der Waals surface area contributed by atoms with Crippen LogP contribution >= 0.6 is 0 Å². The minimum absolute atomic E-state index is 0.426. The number of hydrogen-bond acceptors (Lipinski definition) is 2. The lowest BCUT2D eigenvalue weighted by molar-refractivity contribution is 0.470. The van der Waals surface area contributed by atoms with Gasteiger partial charge in [-0.1, -0.05) is 13.8 Å². The van der Waals surface area contributed by atoms with Crippen molar-refractivity contribution in [1.29, 1.82) is 0 Å². The summed E-state index contributed by atoms with van der Waals surface area (Å²) in [6, 6.07) is 0. The van der Waals surface area contributed by atoms with E-state index in [-0.39, 0.29) is 0 Å². The molecule has 3 nitrogen and oxygen atoms in total. The lowest BCUT2D eigenvalue weighted by atomic mass is 10.3. The molecule has 0 amide bonds. The van der Waals surface area contributed by atoms with Gasteiger partial charge in [0.15, 0.2) is 0 Å². The summed E-state index contributed by atoms with van der Waals surface area (Å²) in [5.74, 6) is 0. The smallest absolute Gasteiger partial charge is 0.268 e. The average molecular weight is 151 g/mol. The molecule has 0 spiro atoms. The van der Waals surface area contributed by atoms with Crippen LogP contribution in [-0.2, 0) is 10.1 Å². The molecule has 1 radical (unpaired) electrons. The fourth-order valence-corrected chi connectivity index (χ4v) is 1.38. The summed E-state index contributed by atoms with van der Waals surface area (Å²) in [4.78, 5) is 0. The monoisotopic (exact) mass is 151 g/mol. The largest absolute Gasteiger partial charge is 0.285 e. The minimum atomic E-state index is -3.82. The van der Waals surface area contributed by atoms with Gasteiger partial charge in [-0.15, -0.1) is 0 Å². The third kappa shape index (κ3) is 2.81. The van der Waals surface area contributed by atoms with Gasteiger partial charge in [0.25, 0.3) is 10.1 Å². The Kier molecular flexibility index (Phi) is 3.14. The molecule has 0 aromatic rings. The summed E-state index contributed by atoms with van der Waals surface area (Å²) in [5, 5.41) is -0.697. The summed E-state index contributed by atoms with van der Waals surface area (Å²) in [7, 11) is -3.82. The van der Waals surface area contributed by atoms with E-state index < -0.39 is 15.4 Å². The summed E-state index contributed by atoms with van der Waals surface area (Å²) < 4.78 is 29.1. The molecule has 1 N–H and O–H groups in total. The molecule has 0 saturated carbocycles. The van der Waals surface area contributed by atoms with Crippen LogP contribution in [0.5, 0.6) is 0 Å². The maximum absolute atomic E-state index is 10.3. The van der Waals surface area contributed by atoms with Crippen LogP contribution < -0.4 is 0 Å². The summed E-state index contributed by atoms with van der Waals surface area (Å²) in [6.07, 6.45) is 1.89. The van der Waals surface area contributed by atoms with E-state index >= 15 is 0 Å². The highest BCUT2D eigenvalue weighted by Crippen LogP contribution is 2.05. The molecule has 0 rings (SSSR count). The molecule has 0 aromatic heterocycles. The second-order valence-electron chi connectivity index (χ2n) is 1.80. The zero-order chi connectivity index (χ0) is 7.49. The Balaban J connectivity index is 4.14. The van der Waals surface area contributed by atoms with E-state index in [1.54, 1.807) is 13.8 Å². The van der Waals surface area contributed by atoms with Crippen molar-refractivity contribution in [3.8, 4) is 0 Å². The van der Waals surface area contributed by atoms with Gasteiger partial charge in [-0.25, -0.2) is 0 Å². The Morgan fingerprint density at radius 3 is 2.11 bits per heavy atom. The third-order valence-electron chi connectivity index (χ3n) is 1.16. The fraction of sp³-hybridized carbons (Fsp3) is 0.800. The number of hydrogen-bond donors (Lipinski definition) is 1. The third-order valence-corrected chi connectivity index (χ3v) is 2.53. The molecule has 0 fully saturated rings. The second kappa shape index (κ2) is 3.17. The van der Waals surface area contributed by atoms with Crippen molar-refractivity contribution in [3.63, 3.8) is 0 Å². The van der Waals surface area contributed by atoms with E-state index in [0.29, 0.717) is 6.42 Å². The average Bonchev–Trinajstić information content (AvgIpc) is 1.65. The summed E-state index contributed by atoms with van der Waals surface area (Å²) in [6.45, 7) is 3.32. The van der Waals surface area contributed by atoms with Crippen LogP contribution in [0.2, 0.25) is 0 Å². The fourth-order valence-electron chi connectivity index (χ4n) is 0.618. The van der Waals surface area contributed by atoms with Crippen LogP contribution in [0.4, 0.5) is 0 Å². The zero-order valence-electron chi connectivity index (χ0n) is 5.53. The first-order chi connectivity index (χ1) is 4.02. The van der Waals surface area contributed by atoms with Crippen molar-refractivity contribution in [1.82, 2.24) is 0 Å². The highest BCUT2D eigenvalue weighted by Gasteiger charge is 2.17. The normalized spacial score (nSPS) is 12.4. The van der Waals surface area contributed by atoms with Gasteiger partial charge in [0.05, 0.1) is 5.25 Å². The predicted octanol–water partition coefficient (Wildman–Crippen LogP) is 0.877. The van der Waals surface area contributed by atoms with Gasteiger partial charge in [0, 0.05) is 0 Å². The quantitative estimate of drug-likeness (QED) is 0.609. The Bertz CT molecular complexity index is 155. The molecular formula is C5H11O3S. The SMILES string of the molecule is C[CH]C(CC)S(=O)(=O)O. The first-order valence-corrected chi connectivity index (χ1v) is 4.28. The van der Waals surface area contributed by atoms with Crippen molar-refractivity contribution in [3.05, 3.63) is 6.42 Å². The second-order valence-corrected chi connectivity index (χ2v) is 3.43. The molecule has 0 saturated heterocycles. The molecule has 0 bridgehead atoms. The van der Waals surface area contributed by atoms with Gasteiger partial charge in [0.2, 0.25) is 0 Å². The van der Waals surface area contributed by atoms with Gasteiger partial charge >= 0.3 is 0 Å². The Morgan fingerprint density at radius 1 is 1.67 bits per heavy atom. The number of rotatable bonds is 3. The van der Waals surface area contributed by atoms with Gasteiger partial charge in [-0.2, -0.15) is 8.42 Å². The maximum Gasteiger partial charge on any atom is 0.268 e. The molecule has 4 heteroatoms. The van der Waals surface area contributed by atoms with E-state index in [4.69, 9.17) is 4.55 Å². The molecule has 0 heterocycles. The Morgan fingerprint density at radius 2 is 2.11 bits per heavy atom. The van der Waals surface area contributed by atoms with E-state index in [1.165, 1.54) is 6.42 Å². The standard InChI is InChI=1S/C5H11O3S/c1-3-5(4-2)9(6,7)8/h3,5H,4H2,1-2H3,(H,6,7,8). The lowest BCUT2D eigenvalue weighted by Crippen LogP contribution is -2.18. The van der Waals surface area contributed by atoms with Gasteiger partial charge in [0.1, 0.15) is 0 Å². The van der Waals surface area contributed by atoms with Crippen molar-refractivity contribution < 1.29 is 13.0 Å². The van der Waals surface area contributed by atoms with Crippen molar-refractivity contribution >= 4 is 10.1 Å². The van der Waals surface area contributed by atoms with E-state index in [2.05, 4.69) is 0 Å². The minimum Gasteiger partial charge on any atom is -0.285 e. The van der Waals surface area contributed by atoms with Crippen LogP contribution in [0.15, 0.2) is 0 Å². The van der Waals surface area contributed by atoms with Crippen LogP contribution in [0, 0.1) is 6.42 Å². The summed E-state index contributed by atoms with van der Waals surface area (Å²) in [5.41, 5.74) is 0. The molecule has 9 heavy (non-hydrogen) atoms. The van der Waals surface area contributed by atoms with Crippen molar-refractivity contribution in [2.24, 2.45) is 0 Å². The van der Waals surface area contributed by atoms with Gasteiger partial charge in [-0.05, 0) is 12.8 Å². The molecule has 0 aliphatic rings. The first-order valence-electron chi connectivity index (χ1n) is 2.78. The lowest BCUT2D eigenvalue weighted by Gasteiger charge is -2.05. The maximum atomic E-state index is 10.3. The molecule has 55 valence electrons. The highest BCUT2D eigenvalue weighted by molar-refractivity contribution is 7.86. The highest BCUT2D eigenvalue weighted by atomic mass is 32.2. The van der Waals surface area contributed by atoms with Crippen LogP contribution in [-0.4, -0.2) is 18.2 Å². The van der Waals surface area contributed by atoms with Crippen LogP contribution in [0.3, 0.4) is 0 Å². The van der Waals surface area contributed by atoms with E-state index in [9.17, 15) is 8.42 Å². The van der Waals surface area contributed by atoms with Crippen molar-refractivity contribution in [2.75, 3.05) is 0 Å².